The molecule has 0 atom stereocenters. The van der Waals surface area contributed by atoms with Crippen molar-refractivity contribution >= 4 is 24.9 Å². The Bertz CT molecular complexity index is 1020. The maximum absolute atomic E-state index is 13.8. The predicted molar refractivity (Wildman–Crippen MR) is 138 cm³/mol. The molecule has 0 fully saturated rings. The van der Waals surface area contributed by atoms with Gasteiger partial charge in [0.2, 0.25) is 0 Å². The molecule has 0 aliphatic heterocycles. The Kier molecular flexibility index (Phi) is 9.25. The number of nitrogens with zero attached hydrogens (tertiary/aromatic N) is 3. The van der Waals surface area contributed by atoms with E-state index in [1.54, 1.807) is 54.6 Å². The first-order valence-electron chi connectivity index (χ1n) is 11.4. The summed E-state index contributed by atoms with van der Waals surface area (Å²) in [4.78, 5) is 0. The molecule has 0 aromatic heterocycles. The summed E-state index contributed by atoms with van der Waals surface area (Å²) < 4.78 is 30.3. The van der Waals surface area contributed by atoms with Gasteiger partial charge >= 0.3 is 7.82 Å². The summed E-state index contributed by atoms with van der Waals surface area (Å²) in [5.41, 5.74) is 4.32. The van der Waals surface area contributed by atoms with Gasteiger partial charge in [0.15, 0.2) is 0 Å². The van der Waals surface area contributed by atoms with Gasteiger partial charge in [-0.2, -0.15) is 15.5 Å². The van der Waals surface area contributed by atoms with E-state index >= 15 is 0 Å². The van der Waals surface area contributed by atoms with Gasteiger partial charge in [-0.3, -0.25) is 0 Å². The van der Waals surface area contributed by atoms with Gasteiger partial charge in [0.1, 0.15) is 0 Å². The molecule has 3 aromatic rings. The Hall–Kier alpha value is -2.95. The van der Waals surface area contributed by atoms with Crippen LogP contribution in [0.4, 0.5) is 17.1 Å². The van der Waals surface area contributed by atoms with Crippen molar-refractivity contribution in [3.8, 4) is 0 Å². The standard InChI is InChI=1S/C24H33N6O4P/c1-4-19-10-7-13-22(16-19)28(25)32-35(31,33-29(26)23-14-8-11-20(5-2)17-23)34-30(27)24-15-9-12-21(6-3)18-24/h7-18H,4-6,25-27H2,1-3H3. The van der Waals surface area contributed by atoms with Gasteiger partial charge in [0.25, 0.3) is 0 Å². The highest BCUT2D eigenvalue weighted by Crippen LogP contribution is 2.52. The highest BCUT2D eigenvalue weighted by molar-refractivity contribution is 7.48. The zero-order valence-corrected chi connectivity index (χ0v) is 21.1. The lowest BCUT2D eigenvalue weighted by Gasteiger charge is -2.29. The number of rotatable bonds is 12. The Balaban J connectivity index is 1.88. The number of nitrogens with two attached hydrogens (primary N) is 3. The maximum Gasteiger partial charge on any atom is 0.543 e. The third-order valence-electron chi connectivity index (χ3n) is 5.28. The predicted octanol–water partition coefficient (Wildman–Crippen LogP) is 4.72. The molecule has 0 spiro atoms. The largest absolute Gasteiger partial charge is 0.543 e. The van der Waals surface area contributed by atoms with Crippen molar-refractivity contribution in [2.45, 2.75) is 40.0 Å². The molecule has 0 unspecified atom stereocenters. The number of hydrogen-bond acceptors (Lipinski definition) is 10. The van der Waals surface area contributed by atoms with E-state index in [4.69, 9.17) is 31.4 Å². The Morgan fingerprint density at radius 2 is 0.886 bits per heavy atom. The van der Waals surface area contributed by atoms with E-state index in [0.29, 0.717) is 17.1 Å². The molecule has 6 N–H and O–H groups in total. The smallest absolute Gasteiger partial charge is 0.222 e. The molecule has 35 heavy (non-hydrogen) atoms. The van der Waals surface area contributed by atoms with Crippen LogP contribution in [-0.2, 0) is 37.7 Å². The maximum atomic E-state index is 13.8. The fourth-order valence-corrected chi connectivity index (χ4v) is 4.27. The van der Waals surface area contributed by atoms with E-state index < -0.39 is 7.82 Å². The van der Waals surface area contributed by atoms with Crippen molar-refractivity contribution < 1.29 is 18.4 Å². The van der Waals surface area contributed by atoms with Gasteiger partial charge in [-0.15, -0.1) is 13.9 Å². The van der Waals surface area contributed by atoms with Crippen LogP contribution in [-0.4, -0.2) is 0 Å². The number of aryl methyl sites for hydroxylation is 3. The third-order valence-corrected chi connectivity index (χ3v) is 6.41. The topological polar surface area (TPSA) is 133 Å². The molecular formula is C24H33N6O4P. The summed E-state index contributed by atoms with van der Waals surface area (Å²) in [6.07, 6.45) is 2.34. The molecule has 0 saturated heterocycles. The lowest BCUT2D eigenvalue weighted by atomic mass is 10.1. The first kappa shape index (κ1) is 26.7. The molecule has 3 rings (SSSR count). The molecule has 188 valence electrons. The summed E-state index contributed by atoms with van der Waals surface area (Å²) in [6, 6.07) is 21.7. The van der Waals surface area contributed by atoms with E-state index in [1.807, 2.05) is 39.0 Å². The minimum Gasteiger partial charge on any atom is -0.222 e. The van der Waals surface area contributed by atoms with Gasteiger partial charge in [-0.25, -0.2) is 22.1 Å². The second kappa shape index (κ2) is 12.1. The van der Waals surface area contributed by atoms with E-state index in [0.717, 1.165) is 51.5 Å². The fourth-order valence-electron chi connectivity index (χ4n) is 3.25. The highest BCUT2D eigenvalue weighted by Gasteiger charge is 2.37. The van der Waals surface area contributed by atoms with Crippen LogP contribution in [0.2, 0.25) is 0 Å². The van der Waals surface area contributed by atoms with Gasteiger partial charge in [-0.05, 0) is 72.4 Å². The van der Waals surface area contributed by atoms with Crippen LogP contribution in [0.5, 0.6) is 0 Å². The van der Waals surface area contributed by atoms with Crippen LogP contribution < -0.4 is 33.0 Å². The summed E-state index contributed by atoms with van der Waals surface area (Å²) >= 11 is 0. The number of phosphoric acid groups is 1. The summed E-state index contributed by atoms with van der Waals surface area (Å²) in [5.74, 6) is 18.3. The zero-order chi connectivity index (χ0) is 25.4. The number of benzene rings is 3. The van der Waals surface area contributed by atoms with Gasteiger partial charge in [-0.1, -0.05) is 57.2 Å². The lowest BCUT2D eigenvalue weighted by molar-refractivity contribution is 0.0860. The number of anilines is 3. The van der Waals surface area contributed by atoms with E-state index in [9.17, 15) is 4.57 Å². The molecule has 0 amide bonds. The summed E-state index contributed by atoms with van der Waals surface area (Å²) in [6.45, 7) is 6.02. The van der Waals surface area contributed by atoms with E-state index in [-0.39, 0.29) is 0 Å². The molecule has 10 nitrogen and oxygen atoms in total. The second-order valence-corrected chi connectivity index (χ2v) is 9.12. The number of hydrogen-bond donors (Lipinski definition) is 3. The Labute approximate surface area is 206 Å². The average molecular weight is 501 g/mol. The number of hydrazine groups is 3. The quantitative estimate of drug-likeness (QED) is 0.182. The van der Waals surface area contributed by atoms with Crippen molar-refractivity contribution in [3.05, 3.63) is 89.5 Å². The van der Waals surface area contributed by atoms with Gasteiger partial charge < -0.3 is 0 Å². The lowest BCUT2D eigenvalue weighted by Crippen LogP contribution is -2.38. The fraction of sp³-hybridized carbons (Fsp3) is 0.250. The minimum atomic E-state index is -4.55. The second-order valence-electron chi connectivity index (χ2n) is 7.74. The van der Waals surface area contributed by atoms with Crippen LogP contribution in [0.3, 0.4) is 0 Å². The van der Waals surface area contributed by atoms with Crippen LogP contribution in [0, 0.1) is 0 Å². The van der Waals surface area contributed by atoms with E-state index in [2.05, 4.69) is 0 Å². The monoisotopic (exact) mass is 500 g/mol. The normalized spacial score (nSPS) is 11.4. The molecule has 0 heterocycles. The first-order valence-corrected chi connectivity index (χ1v) is 12.8. The Morgan fingerprint density at radius 3 is 1.14 bits per heavy atom. The van der Waals surface area contributed by atoms with Crippen LogP contribution in [0.1, 0.15) is 37.5 Å². The molecule has 11 heteroatoms. The van der Waals surface area contributed by atoms with Crippen LogP contribution in [0.25, 0.3) is 0 Å². The van der Waals surface area contributed by atoms with Crippen LogP contribution >= 0.6 is 7.82 Å². The van der Waals surface area contributed by atoms with Gasteiger partial charge in [0.05, 0.1) is 17.1 Å². The minimum absolute atomic E-state index is 0.435. The molecule has 0 aliphatic carbocycles. The van der Waals surface area contributed by atoms with Crippen molar-refractivity contribution in [2.75, 3.05) is 15.5 Å². The highest BCUT2D eigenvalue weighted by atomic mass is 31.2. The van der Waals surface area contributed by atoms with Gasteiger partial charge in [0, 0.05) is 0 Å². The van der Waals surface area contributed by atoms with Crippen LogP contribution in [0.15, 0.2) is 72.8 Å². The van der Waals surface area contributed by atoms with Crippen molar-refractivity contribution in [2.24, 2.45) is 17.5 Å². The Morgan fingerprint density at radius 1 is 0.600 bits per heavy atom. The van der Waals surface area contributed by atoms with Crippen molar-refractivity contribution in [3.63, 3.8) is 0 Å². The molecule has 0 bridgehead atoms. The third kappa shape index (κ3) is 7.27. The molecule has 0 radical (unpaired) electrons. The molecule has 0 aliphatic rings. The summed E-state index contributed by atoms with van der Waals surface area (Å²) in [7, 11) is -4.55. The molecule has 3 aromatic carbocycles. The van der Waals surface area contributed by atoms with Crippen molar-refractivity contribution in [1.29, 1.82) is 0 Å². The SMILES string of the molecule is CCc1cccc(N(N)OP(=O)(ON(N)c2cccc(CC)c2)ON(N)c2cccc(CC)c2)c1. The average Bonchev–Trinajstić information content (AvgIpc) is 2.88. The van der Waals surface area contributed by atoms with Crippen molar-refractivity contribution in [1.82, 2.24) is 0 Å². The zero-order valence-electron chi connectivity index (χ0n) is 20.2. The first-order chi connectivity index (χ1) is 16.8. The molecule has 0 saturated carbocycles. The molecular weight excluding hydrogens is 467 g/mol. The van der Waals surface area contributed by atoms with E-state index in [1.165, 1.54) is 0 Å². The summed E-state index contributed by atoms with van der Waals surface area (Å²) in [5, 5.41) is 2.44.